The average molecular weight is 388 g/mol. The molecular formula is C15H14F2N2O4S2. The molecule has 1 aromatic carbocycles. The van der Waals surface area contributed by atoms with E-state index < -0.39 is 28.6 Å². The molecule has 0 aliphatic carbocycles. The molecule has 1 saturated heterocycles. The topological polar surface area (TPSA) is 75.7 Å². The second-order valence-electron chi connectivity index (χ2n) is 5.26. The third kappa shape index (κ3) is 3.80. The molecule has 6 nitrogen and oxygen atoms in total. The van der Waals surface area contributed by atoms with Crippen molar-refractivity contribution in [2.75, 3.05) is 11.4 Å². The number of halogens is 2. The first-order valence-electron chi connectivity index (χ1n) is 7.28. The van der Waals surface area contributed by atoms with E-state index in [4.69, 9.17) is 0 Å². The summed E-state index contributed by atoms with van der Waals surface area (Å²) in [6, 6.07) is 6.39. The number of carbonyl (C=O) groups is 1. The maximum atomic E-state index is 12.5. The molecule has 0 spiro atoms. The van der Waals surface area contributed by atoms with Crippen molar-refractivity contribution < 1.29 is 26.7 Å². The summed E-state index contributed by atoms with van der Waals surface area (Å²) < 4.78 is 56.4. The highest BCUT2D eigenvalue weighted by molar-refractivity contribution is 7.89. The highest BCUT2D eigenvalue weighted by atomic mass is 32.2. The van der Waals surface area contributed by atoms with Gasteiger partial charge in [0.1, 0.15) is 11.8 Å². The van der Waals surface area contributed by atoms with E-state index in [-0.39, 0.29) is 29.3 Å². The van der Waals surface area contributed by atoms with Crippen molar-refractivity contribution in [2.45, 2.75) is 24.0 Å². The molecule has 1 fully saturated rings. The van der Waals surface area contributed by atoms with Gasteiger partial charge in [-0.25, -0.2) is 8.42 Å². The Morgan fingerprint density at radius 1 is 1.28 bits per heavy atom. The van der Waals surface area contributed by atoms with Gasteiger partial charge in [-0.1, -0.05) is 12.1 Å². The molecule has 2 aromatic rings. The fourth-order valence-electron chi connectivity index (χ4n) is 2.56. The maximum absolute atomic E-state index is 12.5. The van der Waals surface area contributed by atoms with E-state index >= 15 is 0 Å². The number of hydrogen-bond acceptors (Lipinski definition) is 5. The molecule has 134 valence electrons. The van der Waals surface area contributed by atoms with Crippen LogP contribution in [0.4, 0.5) is 14.5 Å². The van der Waals surface area contributed by atoms with E-state index in [1.54, 1.807) is 11.4 Å². The number of thiophene rings is 1. The highest BCUT2D eigenvalue weighted by Gasteiger charge is 2.37. The standard InChI is InChI=1S/C15H14F2N2O4S2/c16-15(17)23-13-4-2-1-3-12(13)19-7-5-11(14(19)20)18-25(21,22)10-6-8-24-9-10/h1-4,6,8-9,11,15,18H,5,7H2. The number of amides is 1. The van der Waals surface area contributed by atoms with Gasteiger partial charge in [0.15, 0.2) is 0 Å². The number of ether oxygens (including phenoxy) is 1. The van der Waals surface area contributed by atoms with Gasteiger partial charge in [-0.05, 0) is 30.0 Å². The van der Waals surface area contributed by atoms with Crippen LogP contribution in [-0.2, 0) is 14.8 Å². The van der Waals surface area contributed by atoms with Crippen molar-refractivity contribution >= 4 is 33.0 Å². The fraction of sp³-hybridized carbons (Fsp3) is 0.267. The normalized spacial score (nSPS) is 18.1. The lowest BCUT2D eigenvalue weighted by molar-refractivity contribution is -0.118. The summed E-state index contributed by atoms with van der Waals surface area (Å²) in [4.78, 5) is 13.9. The van der Waals surface area contributed by atoms with Crippen molar-refractivity contribution in [2.24, 2.45) is 0 Å². The monoisotopic (exact) mass is 388 g/mol. The first-order valence-corrected chi connectivity index (χ1v) is 9.71. The van der Waals surface area contributed by atoms with Crippen molar-refractivity contribution in [1.29, 1.82) is 0 Å². The Bertz CT molecular complexity index is 856. The molecule has 1 aliphatic rings. The number of carbonyl (C=O) groups excluding carboxylic acids is 1. The highest BCUT2D eigenvalue weighted by Crippen LogP contribution is 2.32. The number of hydrogen-bond donors (Lipinski definition) is 1. The molecule has 1 unspecified atom stereocenters. The lowest BCUT2D eigenvalue weighted by Gasteiger charge is -2.20. The molecule has 0 radical (unpaired) electrons. The number of rotatable bonds is 6. The molecule has 1 atom stereocenters. The van der Waals surface area contributed by atoms with Crippen LogP contribution in [0.2, 0.25) is 0 Å². The molecular weight excluding hydrogens is 374 g/mol. The predicted molar refractivity (Wildman–Crippen MR) is 88.5 cm³/mol. The van der Waals surface area contributed by atoms with Crippen molar-refractivity contribution in [3.63, 3.8) is 0 Å². The van der Waals surface area contributed by atoms with Gasteiger partial charge >= 0.3 is 6.61 Å². The quantitative estimate of drug-likeness (QED) is 0.825. The lowest BCUT2D eigenvalue weighted by atomic mass is 10.2. The summed E-state index contributed by atoms with van der Waals surface area (Å²) >= 11 is 1.23. The van der Waals surface area contributed by atoms with E-state index in [0.717, 1.165) is 0 Å². The van der Waals surface area contributed by atoms with Crippen LogP contribution in [0.5, 0.6) is 5.75 Å². The zero-order chi connectivity index (χ0) is 18.0. The van der Waals surface area contributed by atoms with E-state index in [2.05, 4.69) is 9.46 Å². The summed E-state index contributed by atoms with van der Waals surface area (Å²) in [5, 5.41) is 3.08. The number of alkyl halides is 2. The van der Waals surface area contributed by atoms with Crippen LogP contribution in [-0.4, -0.2) is 33.5 Å². The van der Waals surface area contributed by atoms with Gasteiger partial charge in [0.2, 0.25) is 15.9 Å². The molecule has 3 rings (SSSR count). The number of nitrogens with zero attached hydrogens (tertiary/aromatic N) is 1. The largest absolute Gasteiger partial charge is 0.433 e. The molecule has 0 saturated carbocycles. The Labute approximate surface area is 147 Å². The van der Waals surface area contributed by atoms with Gasteiger partial charge in [0.05, 0.1) is 10.6 Å². The molecule has 1 amide bonds. The van der Waals surface area contributed by atoms with Crippen LogP contribution in [0.25, 0.3) is 0 Å². The Kier molecular flexibility index (Phi) is 5.02. The summed E-state index contributed by atoms with van der Waals surface area (Å²) in [7, 11) is -3.81. The molecule has 1 aromatic heterocycles. The second kappa shape index (κ2) is 7.06. The van der Waals surface area contributed by atoms with Gasteiger partial charge in [-0.15, -0.1) is 0 Å². The number of anilines is 1. The van der Waals surface area contributed by atoms with Gasteiger partial charge < -0.3 is 9.64 Å². The van der Waals surface area contributed by atoms with Gasteiger partial charge in [-0.2, -0.15) is 24.8 Å². The zero-order valence-electron chi connectivity index (χ0n) is 12.8. The average Bonchev–Trinajstić information content (AvgIpc) is 3.19. The third-order valence-corrected chi connectivity index (χ3v) is 5.98. The van der Waals surface area contributed by atoms with E-state index in [1.807, 2.05) is 0 Å². The lowest BCUT2D eigenvalue weighted by Crippen LogP contribution is -2.41. The Morgan fingerprint density at radius 3 is 2.72 bits per heavy atom. The minimum absolute atomic E-state index is 0.0881. The summed E-state index contributed by atoms with van der Waals surface area (Å²) in [5.41, 5.74) is 0.185. The molecule has 10 heteroatoms. The molecule has 1 N–H and O–H groups in total. The van der Waals surface area contributed by atoms with Crippen LogP contribution < -0.4 is 14.4 Å². The van der Waals surface area contributed by atoms with Gasteiger partial charge in [0.25, 0.3) is 0 Å². The van der Waals surface area contributed by atoms with E-state index in [9.17, 15) is 22.0 Å². The van der Waals surface area contributed by atoms with Crippen molar-refractivity contribution in [1.82, 2.24) is 4.72 Å². The molecule has 25 heavy (non-hydrogen) atoms. The minimum atomic E-state index is -3.81. The predicted octanol–water partition coefficient (Wildman–Crippen LogP) is 2.43. The van der Waals surface area contributed by atoms with Crippen LogP contribution in [0.15, 0.2) is 46.0 Å². The van der Waals surface area contributed by atoms with Crippen LogP contribution >= 0.6 is 11.3 Å². The van der Waals surface area contributed by atoms with Crippen LogP contribution in [0.1, 0.15) is 6.42 Å². The number of para-hydroxylation sites is 2. The van der Waals surface area contributed by atoms with Crippen LogP contribution in [0, 0.1) is 0 Å². The van der Waals surface area contributed by atoms with Gasteiger partial charge in [-0.3, -0.25) is 4.79 Å². The summed E-state index contributed by atoms with van der Waals surface area (Å²) in [6.45, 7) is -2.83. The van der Waals surface area contributed by atoms with Crippen molar-refractivity contribution in [3.05, 3.63) is 41.1 Å². The molecule has 2 heterocycles. The number of benzene rings is 1. The Morgan fingerprint density at radius 2 is 2.04 bits per heavy atom. The minimum Gasteiger partial charge on any atom is -0.433 e. The first-order chi connectivity index (χ1) is 11.9. The van der Waals surface area contributed by atoms with Crippen LogP contribution in [0.3, 0.4) is 0 Å². The summed E-state index contributed by atoms with van der Waals surface area (Å²) in [5.74, 6) is -0.642. The summed E-state index contributed by atoms with van der Waals surface area (Å²) in [6.07, 6.45) is 0.227. The second-order valence-corrected chi connectivity index (χ2v) is 7.75. The zero-order valence-corrected chi connectivity index (χ0v) is 14.4. The van der Waals surface area contributed by atoms with E-state index in [0.29, 0.717) is 0 Å². The number of sulfonamides is 1. The maximum Gasteiger partial charge on any atom is 0.387 e. The number of nitrogens with one attached hydrogen (secondary N) is 1. The van der Waals surface area contributed by atoms with Gasteiger partial charge in [0, 0.05) is 11.9 Å². The SMILES string of the molecule is O=C1C(NS(=O)(=O)c2ccsc2)CCN1c1ccccc1OC(F)F. The fourth-order valence-corrected chi connectivity index (χ4v) is 4.82. The smallest absolute Gasteiger partial charge is 0.387 e. The third-order valence-electron chi connectivity index (χ3n) is 3.68. The Balaban J connectivity index is 1.79. The first kappa shape index (κ1) is 17.8. The van der Waals surface area contributed by atoms with Crippen molar-refractivity contribution in [3.8, 4) is 5.75 Å². The molecule has 0 bridgehead atoms. The Hall–Kier alpha value is -2.04. The molecule has 1 aliphatic heterocycles. The van der Waals surface area contributed by atoms with E-state index in [1.165, 1.54) is 45.9 Å².